The summed E-state index contributed by atoms with van der Waals surface area (Å²) in [5, 5.41) is 2.58. The molecule has 0 bridgehead atoms. The van der Waals surface area contributed by atoms with E-state index in [9.17, 15) is 14.4 Å². The van der Waals surface area contributed by atoms with Gasteiger partial charge in [0, 0.05) is 37.8 Å². The van der Waals surface area contributed by atoms with Crippen molar-refractivity contribution in [2.45, 2.75) is 39.2 Å². The van der Waals surface area contributed by atoms with Crippen LogP contribution in [-0.4, -0.2) is 58.7 Å². The highest BCUT2D eigenvalue weighted by Gasteiger charge is 2.40. The van der Waals surface area contributed by atoms with Crippen LogP contribution < -0.4 is 4.90 Å². The number of likely N-dealkylation sites (tertiary alicyclic amines) is 1. The first kappa shape index (κ1) is 21.1. The van der Waals surface area contributed by atoms with E-state index in [2.05, 4.69) is 16.8 Å². The molecule has 32 heavy (non-hydrogen) atoms. The third-order valence-electron chi connectivity index (χ3n) is 6.83. The fourth-order valence-electron chi connectivity index (χ4n) is 5.23. The Hall–Kier alpha value is -2.74. The molecule has 1 aromatic carbocycles. The highest BCUT2D eigenvalue weighted by atomic mass is 32.1. The van der Waals surface area contributed by atoms with Crippen molar-refractivity contribution in [3.63, 3.8) is 0 Å². The number of rotatable bonds is 4. The van der Waals surface area contributed by atoms with Crippen LogP contribution in [0.4, 0.5) is 5.69 Å². The molecule has 1 aromatic heterocycles. The third kappa shape index (κ3) is 3.81. The van der Waals surface area contributed by atoms with Crippen LogP contribution in [0.25, 0.3) is 0 Å². The normalized spacial score (nSPS) is 23.6. The van der Waals surface area contributed by atoms with Gasteiger partial charge in [-0.15, -0.1) is 11.3 Å². The number of anilines is 1. The largest absolute Gasteiger partial charge is 0.370 e. The second kappa shape index (κ2) is 8.65. The number of nitrogens with zero attached hydrogens (tertiary/aromatic N) is 4. The number of hydrogen-bond acceptors (Lipinski definition) is 6. The third-order valence-corrected chi connectivity index (χ3v) is 7.60. The van der Waals surface area contributed by atoms with E-state index in [1.165, 1.54) is 22.7 Å². The van der Waals surface area contributed by atoms with Gasteiger partial charge < -0.3 is 9.80 Å². The molecule has 7 nitrogen and oxygen atoms in total. The molecule has 2 saturated heterocycles. The summed E-state index contributed by atoms with van der Waals surface area (Å²) < 4.78 is 0. The van der Waals surface area contributed by atoms with Crippen molar-refractivity contribution in [2.24, 2.45) is 11.8 Å². The predicted molar refractivity (Wildman–Crippen MR) is 123 cm³/mol. The number of fused-ring (bicyclic) bond motifs is 1. The molecule has 5 rings (SSSR count). The van der Waals surface area contributed by atoms with E-state index in [4.69, 9.17) is 0 Å². The molecule has 0 saturated carbocycles. The van der Waals surface area contributed by atoms with Crippen molar-refractivity contribution in [3.8, 4) is 0 Å². The van der Waals surface area contributed by atoms with Gasteiger partial charge in [-0.2, -0.15) is 0 Å². The first-order chi connectivity index (χ1) is 15.5. The average molecular weight is 453 g/mol. The molecule has 3 amide bonds. The summed E-state index contributed by atoms with van der Waals surface area (Å²) in [7, 11) is 0. The van der Waals surface area contributed by atoms with Crippen molar-refractivity contribution in [3.05, 3.63) is 45.9 Å². The van der Waals surface area contributed by atoms with Gasteiger partial charge in [-0.05, 0) is 43.7 Å². The maximum Gasteiger partial charge on any atom is 0.264 e. The molecule has 3 aliphatic rings. The first-order valence-corrected chi connectivity index (χ1v) is 12.3. The molecule has 168 valence electrons. The molecule has 8 heteroatoms. The van der Waals surface area contributed by atoms with E-state index in [1.54, 1.807) is 12.3 Å². The van der Waals surface area contributed by atoms with E-state index < -0.39 is 0 Å². The molecule has 2 aromatic rings. The summed E-state index contributed by atoms with van der Waals surface area (Å²) in [6, 6.07) is 5.47. The lowest BCUT2D eigenvalue weighted by molar-refractivity contribution is -0.137. The minimum absolute atomic E-state index is 0.0662. The molecular weight excluding hydrogens is 424 g/mol. The number of imide groups is 1. The summed E-state index contributed by atoms with van der Waals surface area (Å²) in [6.45, 7) is 5.46. The van der Waals surface area contributed by atoms with Gasteiger partial charge in [-0.1, -0.05) is 13.0 Å². The molecule has 0 aliphatic carbocycles. The van der Waals surface area contributed by atoms with Crippen LogP contribution in [0, 0.1) is 11.8 Å². The number of carbonyl (C=O) groups is 3. The Morgan fingerprint density at radius 1 is 1.12 bits per heavy atom. The zero-order valence-corrected chi connectivity index (χ0v) is 19.1. The minimum atomic E-state index is -0.269. The van der Waals surface area contributed by atoms with Crippen LogP contribution in [0.1, 0.15) is 58.3 Å². The molecule has 2 fully saturated rings. The van der Waals surface area contributed by atoms with Crippen LogP contribution in [0.2, 0.25) is 0 Å². The van der Waals surface area contributed by atoms with Crippen LogP contribution >= 0.6 is 11.3 Å². The van der Waals surface area contributed by atoms with Gasteiger partial charge in [0.1, 0.15) is 5.01 Å². The molecule has 0 spiro atoms. The average Bonchev–Trinajstić information content (AvgIpc) is 3.41. The van der Waals surface area contributed by atoms with E-state index in [1.807, 2.05) is 22.4 Å². The summed E-state index contributed by atoms with van der Waals surface area (Å²) in [4.78, 5) is 49.2. The molecule has 2 unspecified atom stereocenters. The maximum atomic E-state index is 13.3. The number of thiazole rings is 1. The maximum absolute atomic E-state index is 13.3. The summed E-state index contributed by atoms with van der Waals surface area (Å²) >= 11 is 1.43. The molecule has 3 aliphatic heterocycles. The number of hydrogen-bond donors (Lipinski definition) is 0. The number of benzene rings is 1. The summed E-state index contributed by atoms with van der Waals surface area (Å²) in [6.07, 6.45) is 5.70. The second-order valence-corrected chi connectivity index (χ2v) is 10.1. The molecule has 0 radical (unpaired) electrons. The Labute approximate surface area is 192 Å². The fraction of sp³-hybridized carbons (Fsp3) is 0.500. The Morgan fingerprint density at radius 3 is 2.75 bits per heavy atom. The standard InChI is InChI=1S/C24H28N4O3S/c1-16-5-3-11-27(13-16)22(29)17-6-4-10-26(14-17)19-8-2-7-18-21(19)24(31)28(23(18)30)15-20-25-9-12-32-20/h2,7-9,12,16-17H,3-6,10-11,13-15H2,1H3. The number of piperidine rings is 2. The van der Waals surface area contributed by atoms with Gasteiger partial charge >= 0.3 is 0 Å². The zero-order chi connectivity index (χ0) is 22.2. The lowest BCUT2D eigenvalue weighted by Gasteiger charge is -2.38. The lowest BCUT2D eigenvalue weighted by atomic mass is 9.93. The highest BCUT2D eigenvalue weighted by molar-refractivity contribution is 7.09. The second-order valence-electron chi connectivity index (χ2n) is 9.14. The van der Waals surface area contributed by atoms with Gasteiger partial charge in [0.2, 0.25) is 5.91 Å². The zero-order valence-electron chi connectivity index (χ0n) is 18.3. The van der Waals surface area contributed by atoms with Crippen molar-refractivity contribution in [1.82, 2.24) is 14.8 Å². The smallest absolute Gasteiger partial charge is 0.264 e. The van der Waals surface area contributed by atoms with Crippen LogP contribution in [0.3, 0.4) is 0 Å². The van der Waals surface area contributed by atoms with Gasteiger partial charge in [0.25, 0.3) is 11.8 Å². The number of amides is 3. The van der Waals surface area contributed by atoms with Gasteiger partial charge in [0.15, 0.2) is 0 Å². The van der Waals surface area contributed by atoms with Crippen molar-refractivity contribution < 1.29 is 14.4 Å². The van der Waals surface area contributed by atoms with Gasteiger partial charge in [-0.25, -0.2) is 4.98 Å². The van der Waals surface area contributed by atoms with Gasteiger partial charge in [0.05, 0.1) is 29.3 Å². The van der Waals surface area contributed by atoms with E-state index in [0.29, 0.717) is 23.6 Å². The monoisotopic (exact) mass is 452 g/mol. The molecular formula is C24H28N4O3S. The Bertz CT molecular complexity index is 1040. The van der Waals surface area contributed by atoms with Crippen molar-refractivity contribution in [2.75, 3.05) is 31.1 Å². The van der Waals surface area contributed by atoms with E-state index in [-0.39, 0.29) is 30.2 Å². The van der Waals surface area contributed by atoms with E-state index >= 15 is 0 Å². The van der Waals surface area contributed by atoms with E-state index in [0.717, 1.165) is 49.6 Å². The Morgan fingerprint density at radius 2 is 1.97 bits per heavy atom. The Balaban J connectivity index is 1.37. The predicted octanol–water partition coefficient (Wildman–Crippen LogP) is 3.41. The number of aromatic nitrogens is 1. The molecule has 2 atom stereocenters. The fourth-order valence-corrected chi connectivity index (χ4v) is 5.84. The van der Waals surface area contributed by atoms with Crippen LogP contribution in [0.15, 0.2) is 29.8 Å². The summed E-state index contributed by atoms with van der Waals surface area (Å²) in [5.41, 5.74) is 1.68. The molecule has 4 heterocycles. The number of carbonyl (C=O) groups excluding carboxylic acids is 3. The summed E-state index contributed by atoms with van der Waals surface area (Å²) in [5.74, 6) is 0.186. The highest BCUT2D eigenvalue weighted by Crippen LogP contribution is 2.35. The van der Waals surface area contributed by atoms with Gasteiger partial charge in [-0.3, -0.25) is 19.3 Å². The van der Waals surface area contributed by atoms with Crippen molar-refractivity contribution >= 4 is 34.7 Å². The lowest BCUT2D eigenvalue weighted by Crippen LogP contribution is -2.48. The first-order valence-electron chi connectivity index (χ1n) is 11.4. The topological polar surface area (TPSA) is 73.8 Å². The Kier molecular flexibility index (Phi) is 5.71. The SMILES string of the molecule is CC1CCCN(C(=O)C2CCCN(c3cccc4c3C(=O)N(Cc3nccs3)C4=O)C2)C1. The molecule has 0 N–H and O–H groups in total. The minimum Gasteiger partial charge on any atom is -0.370 e. The quantitative estimate of drug-likeness (QED) is 0.665. The van der Waals surface area contributed by atoms with Crippen LogP contribution in [-0.2, 0) is 11.3 Å². The van der Waals surface area contributed by atoms with Crippen LogP contribution in [0.5, 0.6) is 0 Å². The van der Waals surface area contributed by atoms with Crippen molar-refractivity contribution in [1.29, 1.82) is 0 Å².